The molecule has 0 aromatic carbocycles. The Morgan fingerprint density at radius 3 is 2.86 bits per heavy atom. The molecule has 0 bridgehead atoms. The number of anilines is 2. The minimum Gasteiger partial charge on any atom is -0.393 e. The van der Waals surface area contributed by atoms with Crippen LogP contribution in [0.15, 0.2) is 11.0 Å². The molecule has 1 rings (SSSR count). The number of carbonyl (C=O) groups is 1. The zero-order valence-electron chi connectivity index (χ0n) is 7.87. The van der Waals surface area contributed by atoms with Crippen LogP contribution in [-0.4, -0.2) is 30.1 Å². The molecule has 14 heavy (non-hydrogen) atoms. The molecule has 0 fully saturated rings. The maximum Gasteiger partial charge on any atom is 0.323 e. The molecule has 7 heteroatoms. The molecule has 0 saturated carbocycles. The number of nitrogens with zero attached hydrogens (tertiary/aromatic N) is 2. The van der Waals surface area contributed by atoms with Crippen LogP contribution in [0.3, 0.4) is 0 Å². The van der Waals surface area contributed by atoms with Crippen molar-refractivity contribution in [3.8, 4) is 0 Å². The first-order valence-electron chi connectivity index (χ1n) is 3.86. The van der Waals surface area contributed by atoms with E-state index in [2.05, 4.69) is 15.3 Å². The first kappa shape index (κ1) is 10.0. The number of H-pyrrole nitrogens is 1. The quantitative estimate of drug-likeness (QED) is 0.544. The molecule has 76 valence electrons. The lowest BCUT2D eigenvalue weighted by Crippen LogP contribution is -2.37. The predicted molar refractivity (Wildman–Crippen MR) is 52.1 cm³/mol. The van der Waals surface area contributed by atoms with Gasteiger partial charge in [0.25, 0.3) is 5.56 Å². The maximum atomic E-state index is 11.1. The van der Waals surface area contributed by atoms with E-state index in [1.54, 1.807) is 0 Å². The lowest BCUT2D eigenvalue weighted by Gasteiger charge is -2.14. The van der Waals surface area contributed by atoms with Crippen molar-refractivity contribution < 1.29 is 4.79 Å². The molecule has 1 aromatic heterocycles. The van der Waals surface area contributed by atoms with Crippen molar-refractivity contribution >= 4 is 17.7 Å². The Balaban J connectivity index is 3.03. The summed E-state index contributed by atoms with van der Waals surface area (Å²) in [5, 5.41) is 2.39. The Kier molecular flexibility index (Phi) is 2.70. The smallest absolute Gasteiger partial charge is 0.323 e. The van der Waals surface area contributed by atoms with E-state index in [4.69, 9.17) is 5.73 Å². The van der Waals surface area contributed by atoms with E-state index in [1.165, 1.54) is 25.2 Å². The number of urea groups is 1. The number of rotatable bonds is 1. The molecule has 0 spiro atoms. The van der Waals surface area contributed by atoms with E-state index in [0.29, 0.717) is 0 Å². The number of hydrogen-bond donors (Lipinski definition) is 3. The van der Waals surface area contributed by atoms with E-state index in [1.807, 2.05) is 0 Å². The number of nitrogens with two attached hydrogens (primary N) is 1. The molecule has 4 N–H and O–H groups in total. The molecule has 0 saturated heterocycles. The molecule has 1 heterocycles. The molecule has 0 unspecified atom stereocenters. The van der Waals surface area contributed by atoms with Crippen LogP contribution in [0.4, 0.5) is 16.4 Å². The van der Waals surface area contributed by atoms with Gasteiger partial charge in [-0.25, -0.2) is 9.78 Å². The van der Waals surface area contributed by atoms with Crippen molar-refractivity contribution in [1.82, 2.24) is 15.3 Å². The summed E-state index contributed by atoms with van der Waals surface area (Å²) in [6.07, 6.45) is 1.20. The van der Waals surface area contributed by atoms with Crippen LogP contribution in [0.1, 0.15) is 0 Å². The van der Waals surface area contributed by atoms with Gasteiger partial charge in [-0.3, -0.25) is 14.7 Å². The van der Waals surface area contributed by atoms with Crippen molar-refractivity contribution in [2.45, 2.75) is 0 Å². The molecule has 0 aliphatic rings. The van der Waals surface area contributed by atoms with Gasteiger partial charge in [0.1, 0.15) is 5.69 Å². The normalized spacial score (nSPS) is 9.57. The zero-order chi connectivity index (χ0) is 10.7. The summed E-state index contributed by atoms with van der Waals surface area (Å²) in [6.45, 7) is 0. The highest BCUT2D eigenvalue weighted by Crippen LogP contribution is 2.01. The number of amides is 2. The summed E-state index contributed by atoms with van der Waals surface area (Å²) >= 11 is 0. The number of aromatic amines is 1. The monoisotopic (exact) mass is 197 g/mol. The summed E-state index contributed by atoms with van der Waals surface area (Å²) in [5.41, 5.74) is 4.82. The highest BCUT2D eigenvalue weighted by Gasteiger charge is 2.10. The van der Waals surface area contributed by atoms with Crippen molar-refractivity contribution in [3.63, 3.8) is 0 Å². The topological polar surface area (TPSA) is 104 Å². The van der Waals surface area contributed by atoms with Gasteiger partial charge in [0.05, 0.1) is 6.20 Å². The second-order valence-electron chi connectivity index (χ2n) is 2.61. The largest absolute Gasteiger partial charge is 0.393 e. The summed E-state index contributed by atoms with van der Waals surface area (Å²) in [5.74, 6) is 0.142. The first-order valence-corrected chi connectivity index (χ1v) is 3.86. The molecule has 0 atom stereocenters. The van der Waals surface area contributed by atoms with Gasteiger partial charge in [-0.15, -0.1) is 0 Å². The van der Waals surface area contributed by atoms with Crippen LogP contribution < -0.4 is 21.5 Å². The lowest BCUT2D eigenvalue weighted by atomic mass is 10.5. The molecule has 7 nitrogen and oxygen atoms in total. The van der Waals surface area contributed by atoms with Crippen LogP contribution in [0, 0.1) is 0 Å². The fourth-order valence-electron chi connectivity index (χ4n) is 0.830. The summed E-state index contributed by atoms with van der Waals surface area (Å²) in [6, 6.07) is -0.377. The number of hydrogen-bond acceptors (Lipinski definition) is 4. The van der Waals surface area contributed by atoms with Crippen LogP contribution in [-0.2, 0) is 0 Å². The summed E-state index contributed by atoms with van der Waals surface area (Å²) < 4.78 is 0. The average molecular weight is 197 g/mol. The molecular formula is C7H11N5O2. The molecule has 0 aliphatic heterocycles. The zero-order valence-corrected chi connectivity index (χ0v) is 7.87. The van der Waals surface area contributed by atoms with Crippen molar-refractivity contribution in [2.24, 2.45) is 0 Å². The fraction of sp³-hybridized carbons (Fsp3) is 0.286. The SMILES string of the molecule is CNC(=O)N(C)c1ncc(N)c(=O)[nH]1. The standard InChI is InChI=1S/C7H11N5O2/c1-9-7(14)12(2)6-10-3-4(8)5(13)11-6/h3H,8H2,1-2H3,(H,9,14)(H,10,11,13). The molecule has 2 amide bonds. The number of nitrogens with one attached hydrogen (secondary N) is 2. The van der Waals surface area contributed by atoms with Crippen molar-refractivity contribution in [2.75, 3.05) is 24.7 Å². The lowest BCUT2D eigenvalue weighted by molar-refractivity contribution is 0.249. The first-order chi connectivity index (χ1) is 6.56. The molecule has 1 aromatic rings. The highest BCUT2D eigenvalue weighted by molar-refractivity contribution is 5.89. The van der Waals surface area contributed by atoms with Crippen LogP contribution >= 0.6 is 0 Å². The minimum atomic E-state index is -0.467. The van der Waals surface area contributed by atoms with Gasteiger partial charge in [-0.1, -0.05) is 0 Å². The van der Waals surface area contributed by atoms with Crippen molar-refractivity contribution in [1.29, 1.82) is 0 Å². The average Bonchev–Trinajstić information content (AvgIpc) is 2.20. The number of carbonyl (C=O) groups excluding carboxylic acids is 1. The van der Waals surface area contributed by atoms with Gasteiger partial charge >= 0.3 is 6.03 Å². The number of aromatic nitrogens is 2. The van der Waals surface area contributed by atoms with E-state index in [-0.39, 0.29) is 17.7 Å². The molecule has 0 radical (unpaired) electrons. The second-order valence-corrected chi connectivity index (χ2v) is 2.61. The Morgan fingerprint density at radius 1 is 1.71 bits per heavy atom. The summed E-state index contributed by atoms with van der Waals surface area (Å²) in [7, 11) is 2.96. The van der Waals surface area contributed by atoms with Gasteiger partial charge in [0, 0.05) is 14.1 Å². The van der Waals surface area contributed by atoms with Gasteiger partial charge in [0.15, 0.2) is 0 Å². The van der Waals surface area contributed by atoms with Crippen LogP contribution in [0.2, 0.25) is 0 Å². The third-order valence-electron chi connectivity index (χ3n) is 1.65. The van der Waals surface area contributed by atoms with E-state index in [9.17, 15) is 9.59 Å². The molecular weight excluding hydrogens is 186 g/mol. The Morgan fingerprint density at radius 2 is 2.36 bits per heavy atom. The summed E-state index contributed by atoms with van der Waals surface area (Å²) in [4.78, 5) is 29.5. The maximum absolute atomic E-state index is 11.1. The van der Waals surface area contributed by atoms with E-state index in [0.717, 1.165) is 0 Å². The number of nitrogen functional groups attached to an aromatic ring is 1. The Labute approximate surface area is 79.9 Å². The van der Waals surface area contributed by atoms with Gasteiger partial charge in [-0.2, -0.15) is 0 Å². The predicted octanol–water partition coefficient (Wildman–Crippen LogP) is -0.872. The Bertz CT molecular complexity index is 399. The second kappa shape index (κ2) is 3.77. The van der Waals surface area contributed by atoms with E-state index >= 15 is 0 Å². The van der Waals surface area contributed by atoms with Gasteiger partial charge in [-0.05, 0) is 0 Å². The van der Waals surface area contributed by atoms with Crippen LogP contribution in [0.5, 0.6) is 0 Å². The fourth-order valence-corrected chi connectivity index (χ4v) is 0.830. The Hall–Kier alpha value is -2.05. The third-order valence-corrected chi connectivity index (χ3v) is 1.65. The third kappa shape index (κ3) is 1.82. The van der Waals surface area contributed by atoms with Gasteiger partial charge < -0.3 is 11.1 Å². The highest BCUT2D eigenvalue weighted by atomic mass is 16.2. The van der Waals surface area contributed by atoms with Crippen molar-refractivity contribution in [3.05, 3.63) is 16.6 Å². The molecule has 0 aliphatic carbocycles. The van der Waals surface area contributed by atoms with Crippen LogP contribution in [0.25, 0.3) is 0 Å². The minimum absolute atomic E-state index is 0.0130. The van der Waals surface area contributed by atoms with E-state index < -0.39 is 5.56 Å². The van der Waals surface area contributed by atoms with Gasteiger partial charge in [0.2, 0.25) is 5.95 Å².